The first kappa shape index (κ1) is 22.3. The van der Waals surface area contributed by atoms with E-state index in [9.17, 15) is 4.79 Å². The molecule has 0 bridgehead atoms. The minimum absolute atomic E-state index is 0.121. The minimum atomic E-state index is 0.121. The number of aromatic nitrogens is 2. The Labute approximate surface area is 183 Å². The average molecular weight is 424 g/mol. The van der Waals surface area contributed by atoms with E-state index in [4.69, 9.17) is 14.0 Å². The molecule has 1 aromatic heterocycles. The number of benzene rings is 2. The van der Waals surface area contributed by atoms with Gasteiger partial charge in [0, 0.05) is 37.6 Å². The molecule has 0 unspecified atom stereocenters. The van der Waals surface area contributed by atoms with Gasteiger partial charge in [-0.1, -0.05) is 49.3 Å². The quantitative estimate of drug-likeness (QED) is 0.482. The van der Waals surface area contributed by atoms with Crippen LogP contribution < -0.4 is 9.47 Å². The van der Waals surface area contributed by atoms with Crippen molar-refractivity contribution in [3.8, 4) is 22.9 Å². The average Bonchev–Trinajstić information content (AvgIpc) is 3.25. The van der Waals surface area contributed by atoms with Gasteiger partial charge in [0.05, 0.1) is 14.2 Å². The first-order valence-corrected chi connectivity index (χ1v) is 10.4. The maximum Gasteiger partial charge on any atom is 0.228 e. The lowest BCUT2D eigenvalue weighted by Gasteiger charge is -2.23. The fraction of sp³-hybridized carbons (Fsp3) is 0.375. The highest BCUT2D eigenvalue weighted by molar-refractivity contribution is 5.76. The van der Waals surface area contributed by atoms with Crippen LogP contribution in [0.15, 0.2) is 53.1 Å². The smallest absolute Gasteiger partial charge is 0.228 e. The van der Waals surface area contributed by atoms with Gasteiger partial charge in [-0.2, -0.15) is 4.98 Å². The summed E-state index contributed by atoms with van der Waals surface area (Å²) in [6.45, 7) is 5.15. The molecule has 31 heavy (non-hydrogen) atoms. The highest BCUT2D eigenvalue weighted by Crippen LogP contribution is 2.28. The number of methoxy groups -OCH3 is 2. The van der Waals surface area contributed by atoms with E-state index in [0.29, 0.717) is 55.1 Å². The summed E-state index contributed by atoms with van der Waals surface area (Å²) < 4.78 is 16.1. The first-order chi connectivity index (χ1) is 15.0. The van der Waals surface area contributed by atoms with E-state index in [2.05, 4.69) is 10.1 Å². The molecule has 0 saturated heterocycles. The molecule has 0 radical (unpaired) electrons. The zero-order chi connectivity index (χ0) is 22.2. The topological polar surface area (TPSA) is 77.7 Å². The molecule has 0 spiro atoms. The van der Waals surface area contributed by atoms with Gasteiger partial charge in [0.15, 0.2) is 0 Å². The van der Waals surface area contributed by atoms with Crippen molar-refractivity contribution in [2.45, 2.75) is 33.2 Å². The predicted octanol–water partition coefficient (Wildman–Crippen LogP) is 4.37. The van der Waals surface area contributed by atoms with Crippen LogP contribution in [0.5, 0.6) is 11.5 Å². The predicted molar refractivity (Wildman–Crippen MR) is 118 cm³/mol. The number of nitrogens with zero attached hydrogens (tertiary/aromatic N) is 3. The monoisotopic (exact) mass is 423 g/mol. The summed E-state index contributed by atoms with van der Waals surface area (Å²) in [5.74, 6) is 2.64. The Balaban J connectivity index is 1.72. The molecule has 7 heteroatoms. The Hall–Kier alpha value is -3.35. The molecule has 0 N–H and O–H groups in total. The SMILES string of the molecule is COc1cc(OC)cc(-c2noc(CCN(Cc3ccccc3)C(=O)CC(C)C)n2)c1. The first-order valence-electron chi connectivity index (χ1n) is 10.4. The van der Waals surface area contributed by atoms with E-state index in [0.717, 1.165) is 11.1 Å². The van der Waals surface area contributed by atoms with Crippen molar-refractivity contribution < 1.29 is 18.8 Å². The highest BCUT2D eigenvalue weighted by atomic mass is 16.5. The van der Waals surface area contributed by atoms with Gasteiger partial charge >= 0.3 is 0 Å². The Morgan fingerprint density at radius 3 is 2.35 bits per heavy atom. The third-order valence-electron chi connectivity index (χ3n) is 4.83. The molecule has 0 aliphatic rings. The van der Waals surface area contributed by atoms with Crippen LogP contribution in [0.25, 0.3) is 11.4 Å². The van der Waals surface area contributed by atoms with Gasteiger partial charge in [-0.05, 0) is 23.6 Å². The maximum absolute atomic E-state index is 12.8. The van der Waals surface area contributed by atoms with Crippen molar-refractivity contribution >= 4 is 5.91 Å². The van der Waals surface area contributed by atoms with Gasteiger partial charge in [-0.25, -0.2) is 0 Å². The van der Waals surface area contributed by atoms with Crippen molar-refractivity contribution in [3.05, 3.63) is 60.0 Å². The van der Waals surface area contributed by atoms with Crippen molar-refractivity contribution in [2.75, 3.05) is 20.8 Å². The molecule has 0 fully saturated rings. The van der Waals surface area contributed by atoms with Crippen LogP contribution >= 0.6 is 0 Å². The second-order valence-electron chi connectivity index (χ2n) is 7.76. The fourth-order valence-corrected chi connectivity index (χ4v) is 3.21. The Morgan fingerprint density at radius 1 is 1.06 bits per heavy atom. The standard InChI is InChI=1S/C24H29N3O4/c1-17(2)12-23(28)27(16-18-8-6-5-7-9-18)11-10-22-25-24(26-31-22)19-13-20(29-3)15-21(14-19)30-4/h5-9,13-15,17H,10-12,16H2,1-4H3. The van der Waals surface area contributed by atoms with Crippen LogP contribution in [0.2, 0.25) is 0 Å². The minimum Gasteiger partial charge on any atom is -0.497 e. The van der Waals surface area contributed by atoms with E-state index >= 15 is 0 Å². The molecule has 0 atom stereocenters. The van der Waals surface area contributed by atoms with E-state index < -0.39 is 0 Å². The lowest BCUT2D eigenvalue weighted by atomic mass is 10.1. The summed E-state index contributed by atoms with van der Waals surface area (Å²) in [5.41, 5.74) is 1.83. The number of rotatable bonds is 10. The molecule has 0 saturated carbocycles. The van der Waals surface area contributed by atoms with E-state index in [-0.39, 0.29) is 5.91 Å². The lowest BCUT2D eigenvalue weighted by Crippen LogP contribution is -2.33. The van der Waals surface area contributed by atoms with Crippen LogP contribution in [0, 0.1) is 5.92 Å². The molecule has 3 rings (SSSR count). The van der Waals surface area contributed by atoms with Gasteiger partial charge in [0.2, 0.25) is 17.6 Å². The molecule has 3 aromatic rings. The number of carbonyl (C=O) groups is 1. The van der Waals surface area contributed by atoms with Gasteiger partial charge in [0.1, 0.15) is 11.5 Å². The van der Waals surface area contributed by atoms with Crippen LogP contribution in [-0.2, 0) is 17.8 Å². The largest absolute Gasteiger partial charge is 0.497 e. The molecular formula is C24H29N3O4. The number of carbonyl (C=O) groups excluding carboxylic acids is 1. The zero-order valence-electron chi connectivity index (χ0n) is 18.5. The Bertz CT molecular complexity index is 963. The number of ether oxygens (including phenoxy) is 2. The van der Waals surface area contributed by atoms with Gasteiger partial charge in [-0.3, -0.25) is 4.79 Å². The molecule has 0 aliphatic heterocycles. The Morgan fingerprint density at radius 2 is 1.74 bits per heavy atom. The second-order valence-corrected chi connectivity index (χ2v) is 7.76. The van der Waals surface area contributed by atoms with E-state index in [1.165, 1.54) is 0 Å². The third-order valence-corrected chi connectivity index (χ3v) is 4.83. The van der Waals surface area contributed by atoms with Crippen molar-refractivity contribution in [2.24, 2.45) is 5.92 Å². The van der Waals surface area contributed by atoms with Crippen LogP contribution in [0.4, 0.5) is 0 Å². The molecule has 7 nitrogen and oxygen atoms in total. The lowest BCUT2D eigenvalue weighted by molar-refractivity contribution is -0.132. The van der Waals surface area contributed by atoms with Gasteiger partial charge in [-0.15, -0.1) is 0 Å². The van der Waals surface area contributed by atoms with Crippen molar-refractivity contribution in [3.63, 3.8) is 0 Å². The zero-order valence-corrected chi connectivity index (χ0v) is 18.5. The number of hydrogen-bond donors (Lipinski definition) is 0. The summed E-state index contributed by atoms with van der Waals surface area (Å²) in [4.78, 5) is 19.1. The molecule has 1 heterocycles. The van der Waals surface area contributed by atoms with Crippen LogP contribution in [0.3, 0.4) is 0 Å². The Kier molecular flexibility index (Phi) is 7.65. The molecule has 1 amide bonds. The molecule has 0 aliphatic carbocycles. The van der Waals surface area contributed by atoms with Crippen molar-refractivity contribution in [1.82, 2.24) is 15.0 Å². The summed E-state index contributed by atoms with van der Waals surface area (Å²) in [6.07, 6.45) is 0.982. The summed E-state index contributed by atoms with van der Waals surface area (Å²) >= 11 is 0. The number of hydrogen-bond acceptors (Lipinski definition) is 6. The summed E-state index contributed by atoms with van der Waals surface area (Å²) in [6, 6.07) is 15.4. The summed E-state index contributed by atoms with van der Waals surface area (Å²) in [7, 11) is 3.19. The second kappa shape index (κ2) is 10.6. The van der Waals surface area contributed by atoms with E-state index in [1.54, 1.807) is 20.3 Å². The maximum atomic E-state index is 12.8. The highest BCUT2D eigenvalue weighted by Gasteiger charge is 2.18. The number of amides is 1. The van der Waals surface area contributed by atoms with Gasteiger partial charge in [0.25, 0.3) is 0 Å². The normalized spacial score (nSPS) is 10.9. The van der Waals surface area contributed by atoms with Crippen molar-refractivity contribution in [1.29, 1.82) is 0 Å². The summed E-state index contributed by atoms with van der Waals surface area (Å²) in [5, 5.41) is 4.09. The van der Waals surface area contributed by atoms with Crippen LogP contribution in [-0.4, -0.2) is 41.7 Å². The molecule has 164 valence electrons. The fourth-order valence-electron chi connectivity index (χ4n) is 3.21. The third kappa shape index (κ3) is 6.31. The van der Waals surface area contributed by atoms with Crippen LogP contribution in [0.1, 0.15) is 31.7 Å². The molecular weight excluding hydrogens is 394 g/mol. The van der Waals surface area contributed by atoms with E-state index in [1.807, 2.05) is 61.2 Å². The van der Waals surface area contributed by atoms with Gasteiger partial charge < -0.3 is 18.9 Å². The molecule has 2 aromatic carbocycles.